The first-order chi connectivity index (χ1) is 9.84. The van der Waals surface area contributed by atoms with Gasteiger partial charge in [0.15, 0.2) is 11.5 Å². The zero-order chi connectivity index (χ0) is 15.6. The summed E-state index contributed by atoms with van der Waals surface area (Å²) in [5.41, 5.74) is -1.14. The lowest BCUT2D eigenvalue weighted by Gasteiger charge is -2.36. The van der Waals surface area contributed by atoms with Crippen molar-refractivity contribution in [1.29, 1.82) is 0 Å². The zero-order valence-corrected chi connectivity index (χ0v) is 11.8. The van der Waals surface area contributed by atoms with Gasteiger partial charge in [-0.15, -0.1) is 0 Å². The molecule has 2 rings (SSSR count). The number of carbonyl (C=O) groups is 2. The molecule has 0 atom stereocenters. The number of phenols is 2. The summed E-state index contributed by atoms with van der Waals surface area (Å²) in [6.07, 6.45) is 2.26. The molecule has 0 bridgehead atoms. The minimum Gasteiger partial charge on any atom is -0.504 e. The minimum absolute atomic E-state index is 0.115. The van der Waals surface area contributed by atoms with Crippen LogP contribution in [0.1, 0.15) is 43.0 Å². The molecule has 1 saturated carbocycles. The van der Waals surface area contributed by atoms with Crippen molar-refractivity contribution in [3.05, 3.63) is 23.8 Å². The smallest absolute Gasteiger partial charge is 0.329 e. The number of carboxylic acid groups (broad SMARTS) is 1. The van der Waals surface area contributed by atoms with E-state index >= 15 is 0 Å². The van der Waals surface area contributed by atoms with Crippen molar-refractivity contribution in [1.82, 2.24) is 5.32 Å². The molecule has 0 saturated heterocycles. The third-order valence-electron chi connectivity index (χ3n) is 4.13. The highest BCUT2D eigenvalue weighted by molar-refractivity contribution is 5.98. The largest absolute Gasteiger partial charge is 0.504 e. The van der Waals surface area contributed by atoms with E-state index in [0.29, 0.717) is 18.8 Å². The Morgan fingerprint density at radius 3 is 2.33 bits per heavy atom. The van der Waals surface area contributed by atoms with Crippen LogP contribution in [0.2, 0.25) is 0 Å². The van der Waals surface area contributed by atoms with Gasteiger partial charge in [0.05, 0.1) is 0 Å². The number of rotatable bonds is 3. The quantitative estimate of drug-likeness (QED) is 0.636. The number of amides is 1. The van der Waals surface area contributed by atoms with Crippen LogP contribution in [0.5, 0.6) is 11.5 Å². The van der Waals surface area contributed by atoms with Gasteiger partial charge in [-0.2, -0.15) is 0 Å². The monoisotopic (exact) mass is 293 g/mol. The van der Waals surface area contributed by atoms with Crippen LogP contribution in [0.3, 0.4) is 0 Å². The van der Waals surface area contributed by atoms with E-state index in [0.717, 1.165) is 18.9 Å². The fourth-order valence-electron chi connectivity index (χ4n) is 2.60. The number of hydrogen-bond acceptors (Lipinski definition) is 4. The second kappa shape index (κ2) is 5.63. The number of phenolic OH excluding ortho intramolecular Hbond substituents is 2. The van der Waals surface area contributed by atoms with Crippen LogP contribution in [0, 0.1) is 5.92 Å². The van der Waals surface area contributed by atoms with Crippen LogP contribution in [0.15, 0.2) is 18.2 Å². The van der Waals surface area contributed by atoms with E-state index in [-0.39, 0.29) is 11.3 Å². The van der Waals surface area contributed by atoms with Crippen molar-refractivity contribution in [3.63, 3.8) is 0 Å². The van der Waals surface area contributed by atoms with Gasteiger partial charge < -0.3 is 20.6 Å². The topological polar surface area (TPSA) is 107 Å². The van der Waals surface area contributed by atoms with Gasteiger partial charge in [-0.1, -0.05) is 6.92 Å². The molecule has 1 aromatic carbocycles. The van der Waals surface area contributed by atoms with Crippen LogP contribution in [-0.4, -0.2) is 32.7 Å². The molecular formula is C15H19NO5. The van der Waals surface area contributed by atoms with E-state index < -0.39 is 23.2 Å². The highest BCUT2D eigenvalue weighted by atomic mass is 16.4. The normalized spacial score (nSPS) is 25.3. The Morgan fingerprint density at radius 1 is 1.19 bits per heavy atom. The summed E-state index contributed by atoms with van der Waals surface area (Å²) in [6, 6.07) is 3.65. The molecule has 1 aliphatic rings. The number of carboxylic acids is 1. The van der Waals surface area contributed by atoms with Crippen LogP contribution >= 0.6 is 0 Å². The standard InChI is InChI=1S/C15H19NO5/c1-9-4-6-15(7-5-9,14(20)21)16-13(19)10-2-3-11(17)12(18)8-10/h2-3,8-9,17-18H,4-7H2,1H3,(H,16,19)(H,20,21). The molecule has 114 valence electrons. The van der Waals surface area contributed by atoms with Crippen molar-refractivity contribution in [2.45, 2.75) is 38.1 Å². The summed E-state index contributed by atoms with van der Waals surface area (Å²) in [5, 5.41) is 30.7. The fourth-order valence-corrected chi connectivity index (χ4v) is 2.60. The molecule has 21 heavy (non-hydrogen) atoms. The highest BCUT2D eigenvalue weighted by Crippen LogP contribution is 2.33. The molecule has 0 radical (unpaired) electrons. The Bertz CT molecular complexity index is 561. The van der Waals surface area contributed by atoms with Gasteiger partial charge in [0.25, 0.3) is 5.91 Å². The summed E-state index contributed by atoms with van der Waals surface area (Å²) in [4.78, 5) is 23.8. The lowest BCUT2D eigenvalue weighted by molar-refractivity contribution is -0.146. The maximum Gasteiger partial charge on any atom is 0.329 e. The van der Waals surface area contributed by atoms with Crippen LogP contribution in [-0.2, 0) is 4.79 Å². The van der Waals surface area contributed by atoms with Gasteiger partial charge in [0.2, 0.25) is 0 Å². The number of nitrogens with one attached hydrogen (secondary N) is 1. The first-order valence-electron chi connectivity index (χ1n) is 6.92. The predicted molar refractivity (Wildman–Crippen MR) is 75.2 cm³/mol. The Kier molecular flexibility index (Phi) is 4.06. The van der Waals surface area contributed by atoms with Crippen LogP contribution in [0.4, 0.5) is 0 Å². The van der Waals surface area contributed by atoms with Crippen molar-refractivity contribution in [3.8, 4) is 11.5 Å². The Balaban J connectivity index is 2.19. The average Bonchev–Trinajstić information content (AvgIpc) is 2.44. The van der Waals surface area contributed by atoms with E-state index in [1.165, 1.54) is 12.1 Å². The van der Waals surface area contributed by atoms with Crippen molar-refractivity contribution in [2.75, 3.05) is 0 Å². The van der Waals surface area contributed by atoms with Gasteiger partial charge >= 0.3 is 5.97 Å². The van der Waals surface area contributed by atoms with E-state index in [4.69, 9.17) is 0 Å². The number of aromatic hydroxyl groups is 2. The van der Waals surface area contributed by atoms with Gasteiger partial charge in [-0.3, -0.25) is 4.79 Å². The van der Waals surface area contributed by atoms with E-state index in [9.17, 15) is 24.9 Å². The summed E-state index contributed by atoms with van der Waals surface area (Å²) >= 11 is 0. The molecule has 0 heterocycles. The summed E-state index contributed by atoms with van der Waals surface area (Å²) in [6.45, 7) is 2.06. The third kappa shape index (κ3) is 3.09. The number of hydrogen-bond donors (Lipinski definition) is 4. The fraction of sp³-hybridized carbons (Fsp3) is 0.467. The molecule has 1 fully saturated rings. The van der Waals surface area contributed by atoms with Crippen molar-refractivity contribution >= 4 is 11.9 Å². The molecular weight excluding hydrogens is 274 g/mol. The Labute approximate surface area is 122 Å². The van der Waals surface area contributed by atoms with Crippen LogP contribution < -0.4 is 5.32 Å². The molecule has 0 aliphatic heterocycles. The molecule has 4 N–H and O–H groups in total. The zero-order valence-electron chi connectivity index (χ0n) is 11.8. The minimum atomic E-state index is -1.25. The van der Waals surface area contributed by atoms with Gasteiger partial charge in [-0.05, 0) is 49.8 Å². The summed E-state index contributed by atoms with van der Waals surface area (Å²) in [7, 11) is 0. The van der Waals surface area contributed by atoms with E-state index in [1.807, 2.05) is 0 Å². The number of aliphatic carboxylic acids is 1. The van der Waals surface area contributed by atoms with Gasteiger partial charge in [0, 0.05) is 5.56 Å². The maximum absolute atomic E-state index is 12.2. The Morgan fingerprint density at radius 2 is 1.81 bits per heavy atom. The lowest BCUT2D eigenvalue weighted by Crippen LogP contribution is -2.56. The van der Waals surface area contributed by atoms with E-state index in [1.54, 1.807) is 0 Å². The number of benzene rings is 1. The van der Waals surface area contributed by atoms with Crippen molar-refractivity contribution < 1.29 is 24.9 Å². The SMILES string of the molecule is CC1CCC(NC(=O)c2ccc(O)c(O)c2)(C(=O)O)CC1. The number of carbonyl (C=O) groups excluding carboxylic acids is 1. The molecule has 0 spiro atoms. The molecule has 0 aromatic heterocycles. The maximum atomic E-state index is 12.2. The predicted octanol–water partition coefficient (Wildman–Crippen LogP) is 1.86. The Hall–Kier alpha value is -2.24. The van der Waals surface area contributed by atoms with Gasteiger partial charge in [0.1, 0.15) is 5.54 Å². The molecule has 1 aromatic rings. The van der Waals surface area contributed by atoms with Crippen LogP contribution in [0.25, 0.3) is 0 Å². The second-order valence-corrected chi connectivity index (χ2v) is 5.73. The molecule has 6 nitrogen and oxygen atoms in total. The second-order valence-electron chi connectivity index (χ2n) is 5.73. The first kappa shape index (κ1) is 15.2. The van der Waals surface area contributed by atoms with E-state index in [2.05, 4.69) is 12.2 Å². The first-order valence-corrected chi connectivity index (χ1v) is 6.92. The third-order valence-corrected chi connectivity index (χ3v) is 4.13. The molecule has 1 amide bonds. The summed E-state index contributed by atoms with van der Waals surface area (Å²) < 4.78 is 0. The molecule has 1 aliphatic carbocycles. The lowest BCUT2D eigenvalue weighted by atomic mass is 9.77. The summed E-state index contributed by atoms with van der Waals surface area (Å²) in [5.74, 6) is -1.89. The van der Waals surface area contributed by atoms with Gasteiger partial charge in [-0.25, -0.2) is 4.79 Å². The van der Waals surface area contributed by atoms with Crippen molar-refractivity contribution in [2.24, 2.45) is 5.92 Å². The molecule has 0 unspecified atom stereocenters. The molecule has 6 heteroatoms. The average molecular weight is 293 g/mol. The highest BCUT2D eigenvalue weighted by Gasteiger charge is 2.42.